The summed E-state index contributed by atoms with van der Waals surface area (Å²) in [5.74, 6) is 0.851. The Hall–Kier alpha value is -3.81. The predicted molar refractivity (Wildman–Crippen MR) is 122 cm³/mol. The molecule has 0 aliphatic heterocycles. The number of nitrogens with one attached hydrogen (secondary N) is 1. The van der Waals surface area contributed by atoms with Crippen molar-refractivity contribution in [3.8, 4) is 23.0 Å². The van der Waals surface area contributed by atoms with Gasteiger partial charge >= 0.3 is 0 Å². The van der Waals surface area contributed by atoms with Crippen molar-refractivity contribution in [1.82, 2.24) is 24.7 Å². The topological polar surface area (TPSA) is 77.8 Å². The monoisotopic (exact) mass is 432 g/mol. The molecule has 7 nitrogen and oxygen atoms in total. The smallest absolute Gasteiger partial charge is 0.238 e. The van der Waals surface area contributed by atoms with Gasteiger partial charge in [0.2, 0.25) is 5.88 Å². The third-order valence-corrected chi connectivity index (χ3v) is 5.31. The van der Waals surface area contributed by atoms with Crippen LogP contribution in [0.4, 0.5) is 10.2 Å². The largest absolute Gasteiger partial charge is 0.479 e. The second-order valence-corrected chi connectivity index (χ2v) is 7.75. The first kappa shape index (κ1) is 21.4. The minimum absolute atomic E-state index is 0.209. The van der Waals surface area contributed by atoms with Crippen molar-refractivity contribution >= 4 is 5.82 Å². The Bertz CT molecular complexity index is 1270. The van der Waals surface area contributed by atoms with Gasteiger partial charge in [-0.3, -0.25) is 0 Å². The molecule has 0 saturated carbocycles. The highest BCUT2D eigenvalue weighted by Crippen LogP contribution is 2.28. The lowest BCUT2D eigenvalue weighted by molar-refractivity contribution is 0.396. The van der Waals surface area contributed by atoms with Crippen LogP contribution >= 0.6 is 0 Å². The van der Waals surface area contributed by atoms with Gasteiger partial charge in [0.1, 0.15) is 17.2 Å². The number of pyridine rings is 1. The summed E-state index contributed by atoms with van der Waals surface area (Å²) >= 11 is 0. The third kappa shape index (κ3) is 4.16. The lowest BCUT2D eigenvalue weighted by atomic mass is 10.0. The van der Waals surface area contributed by atoms with Crippen molar-refractivity contribution in [2.45, 2.75) is 33.7 Å². The summed E-state index contributed by atoms with van der Waals surface area (Å²) in [5, 5.41) is 11.9. The molecule has 0 spiro atoms. The lowest BCUT2D eigenvalue weighted by Crippen LogP contribution is -2.12. The highest BCUT2D eigenvalue weighted by molar-refractivity contribution is 5.61. The summed E-state index contributed by atoms with van der Waals surface area (Å²) in [6.45, 7) is 7.51. The van der Waals surface area contributed by atoms with Crippen molar-refractivity contribution in [3.63, 3.8) is 0 Å². The summed E-state index contributed by atoms with van der Waals surface area (Å²) in [4.78, 5) is 8.86. The molecule has 1 N–H and O–H groups in total. The zero-order valence-corrected chi connectivity index (χ0v) is 18.7. The Balaban J connectivity index is 1.60. The van der Waals surface area contributed by atoms with Crippen molar-refractivity contribution in [1.29, 1.82) is 0 Å². The number of anilines is 1. The average molecular weight is 433 g/mol. The first-order chi connectivity index (χ1) is 15.4. The van der Waals surface area contributed by atoms with E-state index in [9.17, 15) is 4.39 Å². The average Bonchev–Trinajstić information content (AvgIpc) is 3.22. The second kappa shape index (κ2) is 8.74. The van der Waals surface area contributed by atoms with E-state index in [1.165, 1.54) is 0 Å². The van der Waals surface area contributed by atoms with E-state index in [-0.39, 0.29) is 11.9 Å². The van der Waals surface area contributed by atoms with Gasteiger partial charge in [0, 0.05) is 11.8 Å². The number of rotatable bonds is 6. The maximum atomic E-state index is 14.5. The van der Waals surface area contributed by atoms with E-state index >= 15 is 0 Å². The maximum Gasteiger partial charge on any atom is 0.238 e. The van der Waals surface area contributed by atoms with Crippen LogP contribution in [0.3, 0.4) is 0 Å². The molecule has 4 rings (SSSR count). The van der Waals surface area contributed by atoms with Crippen LogP contribution in [0.1, 0.15) is 35.3 Å². The first-order valence-electron chi connectivity index (χ1n) is 10.3. The molecule has 32 heavy (non-hydrogen) atoms. The van der Waals surface area contributed by atoms with Crippen LogP contribution in [-0.2, 0) is 0 Å². The molecule has 164 valence electrons. The lowest BCUT2D eigenvalue weighted by Gasteiger charge is -2.18. The van der Waals surface area contributed by atoms with Crippen LogP contribution in [0.25, 0.3) is 17.1 Å². The number of nitrogens with zero attached hydrogens (tertiary/aromatic N) is 5. The number of methoxy groups -OCH3 is 1. The van der Waals surface area contributed by atoms with Gasteiger partial charge in [-0.2, -0.15) is 0 Å². The molecule has 1 aromatic carbocycles. The van der Waals surface area contributed by atoms with Gasteiger partial charge in [0.25, 0.3) is 0 Å². The van der Waals surface area contributed by atoms with Crippen LogP contribution in [0.2, 0.25) is 0 Å². The first-order valence-corrected chi connectivity index (χ1v) is 10.3. The molecule has 3 aromatic heterocycles. The zero-order valence-electron chi connectivity index (χ0n) is 18.7. The molecule has 0 unspecified atom stereocenters. The molecule has 0 bridgehead atoms. The van der Waals surface area contributed by atoms with Crippen LogP contribution in [0, 0.1) is 26.6 Å². The van der Waals surface area contributed by atoms with E-state index in [1.807, 2.05) is 55.8 Å². The molecule has 4 aromatic rings. The number of ether oxygens (including phenoxy) is 1. The third-order valence-electron chi connectivity index (χ3n) is 5.31. The summed E-state index contributed by atoms with van der Waals surface area (Å²) in [6, 6.07) is 10.8. The summed E-state index contributed by atoms with van der Waals surface area (Å²) in [5.41, 5.74) is 5.03. The molecular weight excluding hydrogens is 407 g/mol. The number of hydrogen-bond acceptors (Lipinski definition) is 6. The van der Waals surface area contributed by atoms with Gasteiger partial charge in [0.05, 0.1) is 30.9 Å². The summed E-state index contributed by atoms with van der Waals surface area (Å²) in [7, 11) is 1.58. The van der Waals surface area contributed by atoms with Crippen LogP contribution in [-0.4, -0.2) is 31.8 Å². The summed E-state index contributed by atoms with van der Waals surface area (Å²) < 4.78 is 21.8. The standard InChI is InChI=1S/C24H25FN6O/c1-14-7-6-8-18(22(14)25)17(4)27-23-15(2)11-20(29-30-23)19-9-10-21(24(28-19)32-5)31-12-16(3)26-13-31/h6-13,17H,1-5H3,(H,27,30)/t17-/m0/s1. The van der Waals surface area contributed by atoms with E-state index < -0.39 is 0 Å². The van der Waals surface area contributed by atoms with Crippen LogP contribution < -0.4 is 10.1 Å². The Morgan fingerprint density at radius 1 is 1.03 bits per heavy atom. The molecule has 3 heterocycles. The number of benzene rings is 1. The Labute approximate surface area is 186 Å². The minimum Gasteiger partial charge on any atom is -0.479 e. The predicted octanol–water partition coefficient (Wildman–Crippen LogP) is 4.97. The fourth-order valence-corrected chi connectivity index (χ4v) is 3.52. The van der Waals surface area contributed by atoms with Gasteiger partial charge < -0.3 is 14.6 Å². The van der Waals surface area contributed by atoms with Crippen LogP contribution in [0.5, 0.6) is 5.88 Å². The number of aryl methyl sites for hydroxylation is 3. The highest BCUT2D eigenvalue weighted by atomic mass is 19.1. The maximum absolute atomic E-state index is 14.5. The Morgan fingerprint density at radius 3 is 2.53 bits per heavy atom. The minimum atomic E-state index is -0.259. The Morgan fingerprint density at radius 2 is 1.84 bits per heavy atom. The molecule has 0 fully saturated rings. The number of halogens is 1. The molecule has 0 radical (unpaired) electrons. The van der Waals surface area contributed by atoms with Gasteiger partial charge in [-0.15, -0.1) is 10.2 Å². The van der Waals surface area contributed by atoms with E-state index in [0.29, 0.717) is 34.2 Å². The van der Waals surface area contributed by atoms with Gasteiger partial charge in [-0.25, -0.2) is 14.4 Å². The van der Waals surface area contributed by atoms with E-state index in [2.05, 4.69) is 25.5 Å². The number of hydrogen-bond donors (Lipinski definition) is 1. The van der Waals surface area contributed by atoms with Gasteiger partial charge in [-0.05, 0) is 57.0 Å². The number of imidazole rings is 1. The fourth-order valence-electron chi connectivity index (χ4n) is 3.52. The SMILES string of the molecule is COc1nc(-c2cc(C)c(N[C@@H](C)c3cccc(C)c3F)nn2)ccc1-n1cnc(C)c1. The quantitative estimate of drug-likeness (QED) is 0.463. The molecule has 1 atom stereocenters. The highest BCUT2D eigenvalue weighted by Gasteiger charge is 2.16. The van der Waals surface area contributed by atoms with Crippen molar-refractivity contribution in [3.05, 3.63) is 77.1 Å². The summed E-state index contributed by atoms with van der Waals surface area (Å²) in [6.07, 6.45) is 3.62. The van der Waals surface area contributed by atoms with Crippen LogP contribution in [0.15, 0.2) is 48.9 Å². The fraction of sp³-hybridized carbons (Fsp3) is 0.250. The van der Waals surface area contributed by atoms with Crippen molar-refractivity contribution in [2.24, 2.45) is 0 Å². The molecule has 8 heteroatoms. The number of aromatic nitrogens is 5. The normalized spacial score (nSPS) is 11.9. The zero-order chi connectivity index (χ0) is 22.8. The van der Waals surface area contributed by atoms with Crippen molar-refractivity contribution < 1.29 is 9.13 Å². The van der Waals surface area contributed by atoms with Crippen molar-refractivity contribution in [2.75, 3.05) is 12.4 Å². The molecule has 0 amide bonds. The molecular formula is C24H25FN6O. The second-order valence-electron chi connectivity index (χ2n) is 7.75. The molecule has 0 aliphatic rings. The van der Waals surface area contributed by atoms with E-state index in [0.717, 1.165) is 16.9 Å². The van der Waals surface area contributed by atoms with Gasteiger partial charge in [0.15, 0.2) is 5.82 Å². The van der Waals surface area contributed by atoms with E-state index in [1.54, 1.807) is 32.5 Å². The van der Waals surface area contributed by atoms with Gasteiger partial charge in [-0.1, -0.05) is 18.2 Å². The molecule has 0 aliphatic carbocycles. The molecule has 0 saturated heterocycles. The Kier molecular flexibility index (Phi) is 5.85. The van der Waals surface area contributed by atoms with E-state index in [4.69, 9.17) is 4.74 Å².